The maximum absolute atomic E-state index is 6.15. The van der Waals surface area contributed by atoms with Crippen molar-refractivity contribution in [2.24, 2.45) is 0 Å². The Morgan fingerprint density at radius 3 is 2.77 bits per heavy atom. The summed E-state index contributed by atoms with van der Waals surface area (Å²) in [6, 6.07) is 4.09. The van der Waals surface area contributed by atoms with Gasteiger partial charge in [-0.1, -0.05) is 6.07 Å². The number of pyridine rings is 1. The Labute approximate surface area is 131 Å². The van der Waals surface area contributed by atoms with Crippen LogP contribution in [0, 0.1) is 0 Å². The highest BCUT2D eigenvalue weighted by atomic mass is 16.5. The van der Waals surface area contributed by atoms with Crippen LogP contribution in [0.25, 0.3) is 0 Å². The molecule has 0 unspecified atom stereocenters. The topological polar surface area (TPSA) is 51.1 Å². The highest BCUT2D eigenvalue weighted by Gasteiger charge is 2.26. The van der Waals surface area contributed by atoms with Crippen LogP contribution in [0.5, 0.6) is 0 Å². The third-order valence-electron chi connectivity index (χ3n) is 3.94. The average Bonchev–Trinajstić information content (AvgIpc) is 2.96. The fraction of sp³-hybridized carbons (Fsp3) is 0.471. The van der Waals surface area contributed by atoms with Crippen molar-refractivity contribution in [1.82, 2.24) is 19.9 Å². The Balaban J connectivity index is 1.44. The summed E-state index contributed by atoms with van der Waals surface area (Å²) in [5.74, 6) is 0. The van der Waals surface area contributed by atoms with Gasteiger partial charge in [0.05, 0.1) is 17.9 Å². The zero-order valence-corrected chi connectivity index (χ0v) is 12.9. The van der Waals surface area contributed by atoms with Crippen molar-refractivity contribution in [3.63, 3.8) is 0 Å². The van der Waals surface area contributed by atoms with Crippen LogP contribution < -0.4 is 0 Å². The first-order valence-corrected chi connectivity index (χ1v) is 7.77. The van der Waals surface area contributed by atoms with Gasteiger partial charge < -0.3 is 4.74 Å². The first-order chi connectivity index (χ1) is 10.8. The zero-order valence-electron chi connectivity index (χ0n) is 12.9. The van der Waals surface area contributed by atoms with Crippen molar-refractivity contribution < 1.29 is 4.74 Å². The summed E-state index contributed by atoms with van der Waals surface area (Å²) >= 11 is 0. The molecule has 3 heterocycles. The van der Waals surface area contributed by atoms with Crippen LogP contribution in [0.4, 0.5) is 0 Å². The number of ether oxygens (including phenoxy) is 1. The van der Waals surface area contributed by atoms with Crippen molar-refractivity contribution in [1.29, 1.82) is 0 Å². The zero-order chi connectivity index (χ0) is 15.2. The van der Waals surface area contributed by atoms with E-state index in [0.29, 0.717) is 6.10 Å². The second kappa shape index (κ2) is 7.42. The van der Waals surface area contributed by atoms with E-state index < -0.39 is 0 Å². The van der Waals surface area contributed by atoms with E-state index in [2.05, 4.69) is 33.0 Å². The smallest absolute Gasteiger partial charge is 0.0706 e. The fourth-order valence-corrected chi connectivity index (χ4v) is 2.95. The lowest BCUT2D eigenvalue weighted by atomic mass is 10.1. The maximum atomic E-state index is 6.15. The molecule has 5 heteroatoms. The highest BCUT2D eigenvalue weighted by molar-refractivity contribution is 5.08. The largest absolute Gasteiger partial charge is 0.373 e. The van der Waals surface area contributed by atoms with Crippen molar-refractivity contribution in [2.45, 2.75) is 38.0 Å². The SMILES string of the molecule is CN(Cc1cccnc1)C[C@H]1CC[C@@H](Cc2cnccn2)O1. The first-order valence-electron chi connectivity index (χ1n) is 7.77. The molecule has 0 aliphatic carbocycles. The van der Waals surface area contributed by atoms with E-state index >= 15 is 0 Å². The van der Waals surface area contributed by atoms with Gasteiger partial charge in [0.15, 0.2) is 0 Å². The molecule has 0 amide bonds. The van der Waals surface area contributed by atoms with E-state index in [1.54, 1.807) is 18.6 Å². The molecule has 0 spiro atoms. The van der Waals surface area contributed by atoms with Crippen LogP contribution in [0.1, 0.15) is 24.1 Å². The molecule has 0 aromatic carbocycles. The summed E-state index contributed by atoms with van der Waals surface area (Å²) in [4.78, 5) is 14.9. The molecule has 0 radical (unpaired) electrons. The third kappa shape index (κ3) is 4.32. The molecule has 1 saturated heterocycles. The van der Waals surface area contributed by atoms with E-state index in [9.17, 15) is 0 Å². The molecule has 3 rings (SSSR count). The minimum Gasteiger partial charge on any atom is -0.373 e. The van der Waals surface area contributed by atoms with E-state index in [-0.39, 0.29) is 6.10 Å². The molecule has 2 atom stereocenters. The quantitative estimate of drug-likeness (QED) is 0.817. The summed E-state index contributed by atoms with van der Waals surface area (Å²) < 4.78 is 6.15. The second-order valence-electron chi connectivity index (χ2n) is 5.92. The van der Waals surface area contributed by atoms with E-state index in [4.69, 9.17) is 4.74 Å². The molecule has 0 N–H and O–H groups in total. The third-order valence-corrected chi connectivity index (χ3v) is 3.94. The van der Waals surface area contributed by atoms with Crippen LogP contribution >= 0.6 is 0 Å². The van der Waals surface area contributed by atoms with Gasteiger partial charge in [0, 0.05) is 50.5 Å². The highest BCUT2D eigenvalue weighted by Crippen LogP contribution is 2.23. The van der Waals surface area contributed by atoms with E-state index in [0.717, 1.165) is 38.0 Å². The van der Waals surface area contributed by atoms with Crippen LogP contribution in [0.2, 0.25) is 0 Å². The molecule has 0 bridgehead atoms. The van der Waals surface area contributed by atoms with Gasteiger partial charge in [-0.3, -0.25) is 19.9 Å². The number of hydrogen-bond acceptors (Lipinski definition) is 5. The Bertz CT molecular complexity index is 563. The monoisotopic (exact) mass is 298 g/mol. The van der Waals surface area contributed by atoms with Crippen molar-refractivity contribution in [2.75, 3.05) is 13.6 Å². The lowest BCUT2D eigenvalue weighted by Gasteiger charge is -2.21. The number of aromatic nitrogens is 3. The number of rotatable bonds is 6. The number of hydrogen-bond donors (Lipinski definition) is 0. The molecule has 1 aliphatic rings. The van der Waals surface area contributed by atoms with E-state index in [1.165, 1.54) is 5.56 Å². The molecule has 22 heavy (non-hydrogen) atoms. The van der Waals surface area contributed by atoms with Crippen molar-refractivity contribution in [3.8, 4) is 0 Å². The Morgan fingerprint density at radius 1 is 1.14 bits per heavy atom. The summed E-state index contributed by atoms with van der Waals surface area (Å²) in [6.07, 6.45) is 12.6. The Kier molecular flexibility index (Phi) is 5.08. The Hall–Kier alpha value is -1.85. The summed E-state index contributed by atoms with van der Waals surface area (Å²) in [6.45, 7) is 1.86. The minimum absolute atomic E-state index is 0.272. The number of nitrogens with zero attached hydrogens (tertiary/aromatic N) is 4. The van der Waals surface area contributed by atoms with Gasteiger partial charge in [-0.15, -0.1) is 0 Å². The van der Waals surface area contributed by atoms with Gasteiger partial charge in [-0.25, -0.2) is 0 Å². The average molecular weight is 298 g/mol. The van der Waals surface area contributed by atoms with Crippen LogP contribution in [-0.2, 0) is 17.7 Å². The molecule has 1 aliphatic heterocycles. The predicted molar refractivity (Wildman–Crippen MR) is 84.2 cm³/mol. The lowest BCUT2D eigenvalue weighted by molar-refractivity contribution is 0.0262. The first kappa shape index (κ1) is 15.1. The van der Waals surface area contributed by atoms with Gasteiger partial charge >= 0.3 is 0 Å². The number of likely N-dealkylation sites (N-methyl/N-ethyl adjacent to an activating group) is 1. The molecule has 2 aromatic heterocycles. The molecule has 0 saturated carbocycles. The van der Waals surface area contributed by atoms with Gasteiger partial charge in [0.2, 0.25) is 0 Å². The van der Waals surface area contributed by atoms with Crippen LogP contribution in [0.15, 0.2) is 43.1 Å². The maximum Gasteiger partial charge on any atom is 0.0706 e. The van der Waals surface area contributed by atoms with Gasteiger partial charge in [-0.2, -0.15) is 0 Å². The molecular weight excluding hydrogens is 276 g/mol. The van der Waals surface area contributed by atoms with E-state index in [1.807, 2.05) is 18.5 Å². The molecule has 116 valence electrons. The summed E-state index contributed by atoms with van der Waals surface area (Å²) in [7, 11) is 2.13. The van der Waals surface area contributed by atoms with Gasteiger partial charge in [0.1, 0.15) is 0 Å². The second-order valence-corrected chi connectivity index (χ2v) is 5.92. The predicted octanol–water partition coefficient (Wildman–Crippen LogP) is 2.09. The summed E-state index contributed by atoms with van der Waals surface area (Å²) in [5, 5.41) is 0. The normalized spacial score (nSPS) is 21.4. The van der Waals surface area contributed by atoms with Crippen molar-refractivity contribution >= 4 is 0 Å². The molecule has 2 aromatic rings. The van der Waals surface area contributed by atoms with Gasteiger partial charge in [0.25, 0.3) is 0 Å². The molecule has 1 fully saturated rings. The van der Waals surface area contributed by atoms with Gasteiger partial charge in [-0.05, 0) is 31.5 Å². The summed E-state index contributed by atoms with van der Waals surface area (Å²) in [5.41, 5.74) is 2.25. The fourth-order valence-electron chi connectivity index (χ4n) is 2.95. The molecular formula is C17H22N4O. The standard InChI is InChI=1S/C17H22N4O/c1-21(12-14-3-2-6-18-10-14)13-17-5-4-16(22-17)9-15-11-19-7-8-20-15/h2-3,6-8,10-11,16-17H,4-5,9,12-13H2,1H3/t16-,17+/m0/s1. The van der Waals surface area contributed by atoms with Crippen LogP contribution in [-0.4, -0.2) is 45.7 Å². The molecule has 5 nitrogen and oxygen atoms in total. The van der Waals surface area contributed by atoms with Crippen LogP contribution in [0.3, 0.4) is 0 Å². The van der Waals surface area contributed by atoms with Crippen molar-refractivity contribution in [3.05, 3.63) is 54.4 Å². The Morgan fingerprint density at radius 2 is 2.00 bits per heavy atom. The minimum atomic E-state index is 0.272. The lowest BCUT2D eigenvalue weighted by Crippen LogP contribution is -2.29.